The van der Waals surface area contributed by atoms with Crippen molar-refractivity contribution in [3.63, 3.8) is 0 Å². The second-order valence-corrected chi connectivity index (χ2v) is 9.77. The van der Waals surface area contributed by atoms with Gasteiger partial charge in [0.2, 0.25) is 0 Å². The van der Waals surface area contributed by atoms with Crippen LogP contribution in [0, 0.1) is 20.8 Å². The highest BCUT2D eigenvalue weighted by Crippen LogP contribution is 2.43. The van der Waals surface area contributed by atoms with Crippen LogP contribution in [0.5, 0.6) is 5.75 Å². The van der Waals surface area contributed by atoms with Crippen LogP contribution in [0.1, 0.15) is 48.9 Å². The van der Waals surface area contributed by atoms with Gasteiger partial charge in [-0.15, -0.1) is 0 Å². The zero-order chi connectivity index (χ0) is 22.1. The van der Waals surface area contributed by atoms with Crippen LogP contribution in [0.3, 0.4) is 0 Å². The van der Waals surface area contributed by atoms with Crippen molar-refractivity contribution in [3.8, 4) is 5.75 Å². The van der Waals surface area contributed by atoms with Gasteiger partial charge in [-0.1, -0.05) is 0 Å². The van der Waals surface area contributed by atoms with Crippen LogP contribution in [-0.4, -0.2) is 38.5 Å². The fourth-order valence-corrected chi connectivity index (χ4v) is 5.12. The number of carboxylic acid groups (broad SMARTS) is 1. The number of carboxylic acids is 1. The predicted octanol–water partition coefficient (Wildman–Crippen LogP) is -2.86. The molecule has 0 aromatic heterocycles. The molecule has 29 heavy (non-hydrogen) atoms. The van der Waals surface area contributed by atoms with E-state index in [-0.39, 0.29) is 16.5 Å². The summed E-state index contributed by atoms with van der Waals surface area (Å²) >= 11 is 0. The molecule has 0 unspecified atom stereocenters. The van der Waals surface area contributed by atoms with Crippen molar-refractivity contribution in [3.05, 3.63) is 22.3 Å². The van der Waals surface area contributed by atoms with E-state index in [0.717, 1.165) is 16.9 Å². The smallest absolute Gasteiger partial charge is 0.356 e. The van der Waals surface area contributed by atoms with Crippen molar-refractivity contribution >= 4 is 22.0 Å². The van der Waals surface area contributed by atoms with Gasteiger partial charge >= 0.3 is 16.0 Å². The SMILES string of the molecule is Cc1c(C)c(S(=O)(=O)NC(N)=[NH+]CCC[C@@H]([NH3+])C(=O)[O-])c(C)c2c1OC(C)(C)C2. The minimum atomic E-state index is -3.92. The number of fused-ring (bicyclic) bond motifs is 1. The topological polar surface area (TPSA) is 163 Å². The zero-order valence-corrected chi connectivity index (χ0v) is 18.5. The minimum absolute atomic E-state index is 0.118. The van der Waals surface area contributed by atoms with E-state index < -0.39 is 22.0 Å². The summed E-state index contributed by atoms with van der Waals surface area (Å²) in [5.74, 6) is -0.574. The average molecular weight is 428 g/mol. The van der Waals surface area contributed by atoms with Crippen LogP contribution in [0.15, 0.2) is 4.90 Å². The number of carbonyl (C=O) groups excluding carboxylic acids is 1. The first-order valence-corrected chi connectivity index (χ1v) is 11.0. The molecule has 1 aromatic carbocycles. The summed E-state index contributed by atoms with van der Waals surface area (Å²) in [6, 6.07) is -0.819. The van der Waals surface area contributed by atoms with Gasteiger partial charge in [0.15, 0.2) is 0 Å². The van der Waals surface area contributed by atoms with Crippen LogP contribution < -0.4 is 31.0 Å². The Bertz CT molecular complexity index is 954. The molecular weight excluding hydrogens is 396 g/mol. The predicted molar refractivity (Wildman–Crippen MR) is 105 cm³/mol. The van der Waals surface area contributed by atoms with Crippen LogP contribution >= 0.6 is 0 Å². The van der Waals surface area contributed by atoms with Gasteiger partial charge in [0.05, 0.1) is 12.5 Å². The van der Waals surface area contributed by atoms with Crippen molar-refractivity contribution < 1.29 is 33.8 Å². The summed E-state index contributed by atoms with van der Waals surface area (Å²) in [4.78, 5) is 13.6. The molecule has 0 fully saturated rings. The highest BCUT2D eigenvalue weighted by Gasteiger charge is 2.37. The number of guanidine groups is 1. The number of carbonyl (C=O) groups is 1. The van der Waals surface area contributed by atoms with Gasteiger partial charge in [0.25, 0.3) is 0 Å². The van der Waals surface area contributed by atoms with E-state index in [2.05, 4.69) is 15.4 Å². The molecule has 10 heteroatoms. The number of benzene rings is 1. The molecule has 7 N–H and O–H groups in total. The van der Waals surface area contributed by atoms with Gasteiger partial charge < -0.3 is 20.4 Å². The largest absolute Gasteiger partial charge is 0.544 e. The Morgan fingerprint density at radius 1 is 1.31 bits per heavy atom. The van der Waals surface area contributed by atoms with E-state index in [1.54, 1.807) is 13.8 Å². The van der Waals surface area contributed by atoms with E-state index in [1.807, 2.05) is 20.8 Å². The molecule has 2 rings (SSSR count). The Balaban J connectivity index is 2.23. The molecule has 9 nitrogen and oxygen atoms in total. The standard InChI is InChI=1S/C19H30N4O5S/c1-10-11(2)16(12(3)13-9-19(4,5)28-15(10)13)29(26,27)23-18(21)22-8-6-7-14(20)17(24)25/h14H,6-9,20H2,1-5H3,(H,24,25)(H3,21,22,23)/p+1/t14-/m1/s1. The van der Waals surface area contributed by atoms with Crippen LogP contribution in [0.25, 0.3) is 0 Å². The Labute approximate surface area is 171 Å². The molecule has 162 valence electrons. The van der Waals surface area contributed by atoms with E-state index in [9.17, 15) is 18.3 Å². The summed E-state index contributed by atoms with van der Waals surface area (Å²) in [7, 11) is -3.92. The summed E-state index contributed by atoms with van der Waals surface area (Å²) in [5, 5.41) is 10.7. The summed E-state index contributed by atoms with van der Waals surface area (Å²) in [6.07, 6.45) is 1.38. The lowest BCUT2D eigenvalue weighted by Crippen LogP contribution is -2.79. The van der Waals surface area contributed by atoms with E-state index in [1.165, 1.54) is 0 Å². The molecule has 1 aliphatic rings. The van der Waals surface area contributed by atoms with Gasteiger partial charge in [0.1, 0.15) is 22.3 Å². The quantitative estimate of drug-likeness (QED) is 0.208. The summed E-state index contributed by atoms with van der Waals surface area (Å²) in [5.41, 5.74) is 11.9. The third kappa shape index (κ3) is 4.99. The van der Waals surface area contributed by atoms with E-state index in [4.69, 9.17) is 10.5 Å². The molecule has 0 spiro atoms. The fraction of sp³-hybridized carbons (Fsp3) is 0.579. The van der Waals surface area contributed by atoms with Crippen LogP contribution in [0.4, 0.5) is 0 Å². The Kier molecular flexibility index (Phi) is 6.48. The number of hydrogen-bond acceptors (Lipinski definition) is 5. The maximum absolute atomic E-state index is 13.0. The third-order valence-electron chi connectivity index (χ3n) is 5.18. The van der Waals surface area contributed by atoms with E-state index in [0.29, 0.717) is 36.9 Å². The lowest BCUT2D eigenvalue weighted by molar-refractivity contribution is -0.467. The molecule has 1 aliphatic heterocycles. The second-order valence-electron chi connectivity index (χ2n) is 8.15. The molecular formula is C19H31N4O5S+. The maximum Gasteiger partial charge on any atom is 0.356 e. The first-order valence-electron chi connectivity index (χ1n) is 9.51. The van der Waals surface area contributed by atoms with Crippen molar-refractivity contribution in [2.24, 2.45) is 5.73 Å². The second kappa shape index (κ2) is 8.19. The number of quaternary nitrogens is 1. The number of nitrogens with one attached hydrogen (secondary N) is 2. The highest BCUT2D eigenvalue weighted by molar-refractivity contribution is 7.90. The van der Waals surface area contributed by atoms with Gasteiger partial charge in [0, 0.05) is 18.4 Å². The molecule has 0 saturated carbocycles. The highest BCUT2D eigenvalue weighted by atomic mass is 32.2. The van der Waals surface area contributed by atoms with Gasteiger partial charge in [-0.25, -0.2) is 0 Å². The molecule has 1 atom stereocenters. The van der Waals surface area contributed by atoms with E-state index >= 15 is 0 Å². The fourth-order valence-electron chi connectivity index (χ4n) is 3.57. The molecule has 0 aliphatic carbocycles. The number of rotatable bonds is 7. The average Bonchev–Trinajstić information content (AvgIpc) is 2.92. The number of ether oxygens (including phenoxy) is 1. The number of sulfonamides is 1. The van der Waals surface area contributed by atoms with Crippen LogP contribution in [0.2, 0.25) is 0 Å². The number of nitrogens with two attached hydrogens (primary N) is 1. The first-order chi connectivity index (χ1) is 13.3. The molecule has 1 heterocycles. The third-order valence-corrected chi connectivity index (χ3v) is 6.82. The van der Waals surface area contributed by atoms with Gasteiger partial charge in [-0.2, -0.15) is 13.1 Å². The number of hydrogen-bond donors (Lipinski definition) is 4. The van der Waals surface area contributed by atoms with Crippen molar-refractivity contribution in [1.82, 2.24) is 4.72 Å². The lowest BCUT2D eigenvalue weighted by Gasteiger charge is -2.18. The maximum atomic E-state index is 13.0. The lowest BCUT2D eigenvalue weighted by atomic mass is 9.94. The zero-order valence-electron chi connectivity index (χ0n) is 17.6. The molecule has 0 amide bonds. The summed E-state index contributed by atoms with van der Waals surface area (Å²) < 4.78 is 34.5. The Morgan fingerprint density at radius 2 is 1.93 bits per heavy atom. The molecule has 0 saturated heterocycles. The minimum Gasteiger partial charge on any atom is -0.544 e. The van der Waals surface area contributed by atoms with Gasteiger partial charge in [-0.05, 0) is 57.7 Å². The van der Waals surface area contributed by atoms with Crippen molar-refractivity contribution in [2.75, 3.05) is 6.54 Å². The molecule has 0 radical (unpaired) electrons. The molecule has 0 bridgehead atoms. The van der Waals surface area contributed by atoms with Crippen molar-refractivity contribution in [2.45, 2.75) is 70.4 Å². The number of aliphatic carboxylic acids is 1. The Morgan fingerprint density at radius 3 is 2.52 bits per heavy atom. The summed E-state index contributed by atoms with van der Waals surface area (Å²) in [6.45, 7) is 9.63. The van der Waals surface area contributed by atoms with Crippen molar-refractivity contribution in [1.29, 1.82) is 0 Å². The first kappa shape index (κ1) is 23.0. The van der Waals surface area contributed by atoms with Gasteiger partial charge in [-0.3, -0.25) is 10.7 Å². The van der Waals surface area contributed by atoms with Crippen LogP contribution in [-0.2, 0) is 21.2 Å². The monoisotopic (exact) mass is 427 g/mol. The Hall–Kier alpha value is -2.33. The molecule has 1 aromatic rings. The normalized spacial score (nSPS) is 16.8.